The maximum absolute atomic E-state index is 5.73. The maximum atomic E-state index is 5.73. The standard InChI is InChI=1S/C16H27NO3/c1-12(2)17-9-14-8-16(20-13(14)3)11-18-10-15-6-4-5-7-19-15/h8,12,15,17H,4-7,9-11H2,1-3H3. The molecule has 1 aliphatic rings. The molecule has 1 aromatic rings. The average Bonchev–Trinajstić information content (AvgIpc) is 2.78. The SMILES string of the molecule is Cc1oc(COCC2CCCCO2)cc1CNC(C)C. The Balaban J connectivity index is 1.73. The van der Waals surface area contributed by atoms with E-state index in [2.05, 4.69) is 25.2 Å². The Morgan fingerprint density at radius 1 is 1.40 bits per heavy atom. The summed E-state index contributed by atoms with van der Waals surface area (Å²) in [5.41, 5.74) is 1.21. The second kappa shape index (κ2) is 7.81. The molecule has 4 heteroatoms. The van der Waals surface area contributed by atoms with Gasteiger partial charge in [-0.25, -0.2) is 0 Å². The van der Waals surface area contributed by atoms with E-state index in [-0.39, 0.29) is 6.10 Å². The van der Waals surface area contributed by atoms with Gasteiger partial charge < -0.3 is 19.2 Å². The highest BCUT2D eigenvalue weighted by atomic mass is 16.5. The van der Waals surface area contributed by atoms with Crippen LogP contribution in [0.2, 0.25) is 0 Å². The van der Waals surface area contributed by atoms with Gasteiger partial charge in [0.25, 0.3) is 0 Å². The highest BCUT2D eigenvalue weighted by Crippen LogP contribution is 2.17. The molecule has 0 bridgehead atoms. The van der Waals surface area contributed by atoms with Crippen LogP contribution in [-0.2, 0) is 22.6 Å². The normalized spacial score (nSPS) is 19.7. The quantitative estimate of drug-likeness (QED) is 0.833. The molecule has 0 radical (unpaired) electrons. The first-order valence-corrected chi connectivity index (χ1v) is 7.66. The smallest absolute Gasteiger partial charge is 0.130 e. The van der Waals surface area contributed by atoms with Gasteiger partial charge in [0.15, 0.2) is 0 Å². The number of rotatable bonds is 7. The van der Waals surface area contributed by atoms with Gasteiger partial charge >= 0.3 is 0 Å². The van der Waals surface area contributed by atoms with Crippen molar-refractivity contribution in [1.82, 2.24) is 5.32 Å². The van der Waals surface area contributed by atoms with Crippen LogP contribution in [0.4, 0.5) is 0 Å². The zero-order valence-electron chi connectivity index (χ0n) is 12.9. The molecule has 1 saturated heterocycles. The Hall–Kier alpha value is -0.840. The van der Waals surface area contributed by atoms with E-state index >= 15 is 0 Å². The topological polar surface area (TPSA) is 43.6 Å². The van der Waals surface area contributed by atoms with Crippen LogP contribution in [0.3, 0.4) is 0 Å². The van der Waals surface area contributed by atoms with Gasteiger partial charge in [-0.3, -0.25) is 0 Å². The molecule has 0 amide bonds. The number of aryl methyl sites for hydroxylation is 1. The Morgan fingerprint density at radius 3 is 2.95 bits per heavy atom. The third-order valence-electron chi connectivity index (χ3n) is 3.59. The van der Waals surface area contributed by atoms with E-state index in [1.807, 2.05) is 6.92 Å². The fourth-order valence-electron chi connectivity index (χ4n) is 2.38. The third kappa shape index (κ3) is 4.93. The summed E-state index contributed by atoms with van der Waals surface area (Å²) in [4.78, 5) is 0. The van der Waals surface area contributed by atoms with Crippen LogP contribution in [0.15, 0.2) is 10.5 Å². The molecule has 0 spiro atoms. The first kappa shape index (κ1) is 15.5. The lowest BCUT2D eigenvalue weighted by Gasteiger charge is -2.21. The van der Waals surface area contributed by atoms with Gasteiger partial charge in [-0.1, -0.05) is 13.8 Å². The van der Waals surface area contributed by atoms with Gasteiger partial charge in [0, 0.05) is 24.8 Å². The van der Waals surface area contributed by atoms with Gasteiger partial charge in [-0.15, -0.1) is 0 Å². The zero-order valence-corrected chi connectivity index (χ0v) is 12.9. The van der Waals surface area contributed by atoms with Crippen LogP contribution in [0.25, 0.3) is 0 Å². The molecule has 20 heavy (non-hydrogen) atoms. The summed E-state index contributed by atoms with van der Waals surface area (Å²) in [6, 6.07) is 2.57. The zero-order chi connectivity index (χ0) is 14.4. The van der Waals surface area contributed by atoms with Crippen LogP contribution in [0.1, 0.15) is 50.2 Å². The van der Waals surface area contributed by atoms with E-state index < -0.39 is 0 Å². The summed E-state index contributed by atoms with van der Waals surface area (Å²) in [6.07, 6.45) is 3.81. The average molecular weight is 281 g/mol. The summed E-state index contributed by atoms with van der Waals surface area (Å²) in [5, 5.41) is 3.40. The molecule has 1 fully saturated rings. The van der Waals surface area contributed by atoms with Crippen molar-refractivity contribution in [2.75, 3.05) is 13.2 Å². The van der Waals surface area contributed by atoms with Crippen molar-refractivity contribution >= 4 is 0 Å². The summed E-state index contributed by atoms with van der Waals surface area (Å²) < 4.78 is 17.1. The Labute approximate surface area is 121 Å². The molecule has 2 rings (SSSR count). The van der Waals surface area contributed by atoms with E-state index in [1.54, 1.807) is 0 Å². The summed E-state index contributed by atoms with van der Waals surface area (Å²) in [6.45, 7) is 9.21. The molecule has 1 aromatic heterocycles. The molecule has 2 heterocycles. The van der Waals surface area contributed by atoms with E-state index in [0.29, 0.717) is 19.3 Å². The van der Waals surface area contributed by atoms with Crippen molar-refractivity contribution in [3.63, 3.8) is 0 Å². The number of hydrogen-bond acceptors (Lipinski definition) is 4. The van der Waals surface area contributed by atoms with Crippen LogP contribution in [-0.4, -0.2) is 25.4 Å². The van der Waals surface area contributed by atoms with Crippen LogP contribution in [0, 0.1) is 6.92 Å². The lowest BCUT2D eigenvalue weighted by Crippen LogP contribution is -2.24. The van der Waals surface area contributed by atoms with Crippen LogP contribution >= 0.6 is 0 Å². The fraction of sp³-hybridized carbons (Fsp3) is 0.750. The van der Waals surface area contributed by atoms with Gasteiger partial charge in [-0.2, -0.15) is 0 Å². The third-order valence-corrected chi connectivity index (χ3v) is 3.59. The van der Waals surface area contributed by atoms with Crippen molar-refractivity contribution in [3.05, 3.63) is 23.2 Å². The van der Waals surface area contributed by atoms with Crippen molar-refractivity contribution < 1.29 is 13.9 Å². The van der Waals surface area contributed by atoms with Gasteiger partial charge in [0.2, 0.25) is 0 Å². The molecule has 4 nitrogen and oxygen atoms in total. The second-order valence-electron chi connectivity index (χ2n) is 5.83. The molecule has 0 aliphatic carbocycles. The monoisotopic (exact) mass is 281 g/mol. The summed E-state index contributed by atoms with van der Waals surface area (Å²) in [5.74, 6) is 1.88. The molecule has 1 aliphatic heterocycles. The molecule has 1 unspecified atom stereocenters. The number of nitrogens with one attached hydrogen (secondary N) is 1. The van der Waals surface area contributed by atoms with Crippen LogP contribution in [0.5, 0.6) is 0 Å². The van der Waals surface area contributed by atoms with E-state index in [4.69, 9.17) is 13.9 Å². The largest absolute Gasteiger partial charge is 0.464 e. The molecular formula is C16H27NO3. The molecule has 1 atom stereocenters. The first-order chi connectivity index (χ1) is 9.65. The van der Waals surface area contributed by atoms with Crippen molar-refractivity contribution in [3.8, 4) is 0 Å². The van der Waals surface area contributed by atoms with Crippen molar-refractivity contribution in [2.45, 2.75) is 65.3 Å². The second-order valence-corrected chi connectivity index (χ2v) is 5.83. The summed E-state index contributed by atoms with van der Waals surface area (Å²) in [7, 11) is 0. The lowest BCUT2D eigenvalue weighted by atomic mass is 10.1. The highest BCUT2D eigenvalue weighted by Gasteiger charge is 2.14. The molecule has 0 aromatic carbocycles. The van der Waals surface area contributed by atoms with Gasteiger partial charge in [-0.05, 0) is 32.3 Å². The predicted molar refractivity (Wildman–Crippen MR) is 78.7 cm³/mol. The minimum absolute atomic E-state index is 0.266. The van der Waals surface area contributed by atoms with Gasteiger partial charge in [0.1, 0.15) is 18.1 Å². The summed E-state index contributed by atoms with van der Waals surface area (Å²) >= 11 is 0. The van der Waals surface area contributed by atoms with Crippen molar-refractivity contribution in [2.24, 2.45) is 0 Å². The molecule has 114 valence electrons. The first-order valence-electron chi connectivity index (χ1n) is 7.66. The fourth-order valence-corrected chi connectivity index (χ4v) is 2.38. The Kier molecular flexibility index (Phi) is 6.07. The number of hydrogen-bond donors (Lipinski definition) is 1. The lowest BCUT2D eigenvalue weighted by molar-refractivity contribution is -0.0472. The van der Waals surface area contributed by atoms with E-state index in [9.17, 15) is 0 Å². The maximum Gasteiger partial charge on any atom is 0.130 e. The number of ether oxygens (including phenoxy) is 2. The van der Waals surface area contributed by atoms with Gasteiger partial charge in [0.05, 0.1) is 12.7 Å². The van der Waals surface area contributed by atoms with Crippen molar-refractivity contribution in [1.29, 1.82) is 0 Å². The number of furan rings is 1. The minimum atomic E-state index is 0.266. The Bertz CT molecular complexity index is 394. The molecule has 1 N–H and O–H groups in total. The van der Waals surface area contributed by atoms with E-state index in [0.717, 1.165) is 31.1 Å². The Morgan fingerprint density at radius 2 is 2.25 bits per heavy atom. The predicted octanol–water partition coefficient (Wildman–Crippen LogP) is 3.17. The van der Waals surface area contributed by atoms with Crippen LogP contribution < -0.4 is 5.32 Å². The van der Waals surface area contributed by atoms with E-state index in [1.165, 1.54) is 18.4 Å². The highest BCUT2D eigenvalue weighted by molar-refractivity contribution is 5.20. The molecular weight excluding hydrogens is 254 g/mol. The minimum Gasteiger partial charge on any atom is -0.464 e. The molecule has 0 saturated carbocycles.